The second kappa shape index (κ2) is 6.03. The molecule has 0 aliphatic heterocycles. The average Bonchev–Trinajstić information content (AvgIpc) is 3.24. The fourth-order valence-electron chi connectivity index (χ4n) is 2.72. The first-order chi connectivity index (χ1) is 12.1. The Labute approximate surface area is 152 Å². The van der Waals surface area contributed by atoms with Crippen LogP contribution in [0.4, 0.5) is 0 Å². The molecular weight excluding hydrogens is 367 g/mol. The van der Waals surface area contributed by atoms with E-state index in [1.807, 2.05) is 30.3 Å². The number of hydrogen-bond acceptors (Lipinski definition) is 4. The number of terminal acetylenes is 2. The molecular formula is C20H9O2PS2. The van der Waals surface area contributed by atoms with E-state index in [1.165, 1.54) is 22.7 Å². The van der Waals surface area contributed by atoms with Crippen LogP contribution < -0.4 is 10.3 Å². The van der Waals surface area contributed by atoms with Crippen LogP contribution in [0.1, 0.15) is 9.75 Å². The lowest BCUT2D eigenvalue weighted by molar-refractivity contribution is 1.75. The molecule has 3 aromatic heterocycles. The highest BCUT2D eigenvalue weighted by Crippen LogP contribution is 2.38. The summed E-state index contributed by atoms with van der Waals surface area (Å²) in [7, 11) is -1.67. The van der Waals surface area contributed by atoms with Gasteiger partial charge in [0.15, 0.2) is 0 Å². The molecule has 0 saturated heterocycles. The maximum atomic E-state index is 13.2. The quantitative estimate of drug-likeness (QED) is 0.448. The lowest BCUT2D eigenvalue weighted by Crippen LogP contribution is -2.02. The molecule has 0 fully saturated rings. The molecule has 0 unspecified atom stereocenters. The minimum atomic E-state index is -1.67. The second-order valence-corrected chi connectivity index (χ2v) is 9.38. The molecule has 3 heterocycles. The third kappa shape index (κ3) is 2.44. The Morgan fingerprint density at radius 2 is 1.28 bits per heavy atom. The number of fused-ring (bicyclic) bond motifs is 3. The minimum absolute atomic E-state index is 0.149. The fourth-order valence-corrected chi connectivity index (χ4v) is 6.92. The Morgan fingerprint density at radius 3 is 1.72 bits per heavy atom. The van der Waals surface area contributed by atoms with Crippen molar-refractivity contribution in [3.8, 4) is 30.0 Å². The van der Waals surface area contributed by atoms with Crippen LogP contribution in [-0.4, -0.2) is 0 Å². The summed E-state index contributed by atoms with van der Waals surface area (Å²) in [6.45, 7) is 0. The van der Waals surface area contributed by atoms with Crippen molar-refractivity contribution in [3.63, 3.8) is 0 Å². The van der Waals surface area contributed by atoms with Gasteiger partial charge in [0.05, 0.1) is 19.2 Å². The summed E-state index contributed by atoms with van der Waals surface area (Å²) in [5.41, 5.74) is 0. The van der Waals surface area contributed by atoms with Crippen LogP contribution in [-0.2, 0) is 0 Å². The molecule has 4 rings (SSSR count). The van der Waals surface area contributed by atoms with Crippen molar-refractivity contribution in [1.82, 2.24) is 0 Å². The largest absolute Gasteiger partial charge is 0.284 e. The maximum Gasteiger partial charge on any atom is 0.213 e. The van der Waals surface area contributed by atoms with Gasteiger partial charge in [-0.3, -0.25) is 9.59 Å². The summed E-state index contributed by atoms with van der Waals surface area (Å²) in [6, 6.07) is 12.6. The van der Waals surface area contributed by atoms with Gasteiger partial charge in [-0.25, -0.2) is 0 Å². The van der Waals surface area contributed by atoms with Crippen molar-refractivity contribution in [2.75, 3.05) is 0 Å². The summed E-state index contributed by atoms with van der Waals surface area (Å²) in [4.78, 5) is 27.8. The number of thiophene rings is 2. The topological polar surface area (TPSA) is 34.1 Å². The van der Waals surface area contributed by atoms with Crippen molar-refractivity contribution >= 4 is 50.4 Å². The SMILES string of the molecule is C#Cc1cc2c(=O)p(-c3ccccc3)c(=O)c3cc(C#C)sc3c2s1. The molecule has 2 nitrogen and oxygen atoms in total. The van der Waals surface area contributed by atoms with Gasteiger partial charge in [-0.05, 0) is 12.1 Å². The highest BCUT2D eigenvalue weighted by atomic mass is 32.1. The van der Waals surface area contributed by atoms with Gasteiger partial charge in [0.2, 0.25) is 10.3 Å². The van der Waals surface area contributed by atoms with E-state index in [1.54, 1.807) is 12.1 Å². The lowest BCUT2D eigenvalue weighted by Gasteiger charge is -1.96. The van der Waals surface area contributed by atoms with Crippen molar-refractivity contribution < 1.29 is 0 Å². The van der Waals surface area contributed by atoms with Crippen molar-refractivity contribution in [1.29, 1.82) is 0 Å². The van der Waals surface area contributed by atoms with Crippen molar-refractivity contribution in [2.24, 2.45) is 0 Å². The van der Waals surface area contributed by atoms with Crippen LogP contribution in [0.3, 0.4) is 0 Å². The van der Waals surface area contributed by atoms with E-state index in [-0.39, 0.29) is 10.3 Å². The fraction of sp³-hybridized carbons (Fsp3) is 0. The lowest BCUT2D eigenvalue weighted by atomic mass is 10.3. The summed E-state index contributed by atoms with van der Waals surface area (Å²) in [5.74, 6) is 5.19. The molecule has 0 N–H and O–H groups in total. The molecule has 0 atom stereocenters. The minimum Gasteiger partial charge on any atom is -0.284 e. The zero-order valence-electron chi connectivity index (χ0n) is 12.8. The molecule has 5 heteroatoms. The Bertz CT molecular complexity index is 1260. The molecule has 1 aromatic carbocycles. The third-order valence-corrected chi connectivity index (χ3v) is 8.24. The van der Waals surface area contributed by atoms with Crippen molar-refractivity contribution in [2.45, 2.75) is 0 Å². The first-order valence-electron chi connectivity index (χ1n) is 7.29. The predicted octanol–water partition coefficient (Wildman–Crippen LogP) is 4.77. The van der Waals surface area contributed by atoms with Gasteiger partial charge in [0.1, 0.15) is 0 Å². The molecule has 0 aliphatic rings. The zero-order chi connectivity index (χ0) is 17.6. The normalized spacial score (nSPS) is 10.6. The van der Waals surface area contributed by atoms with Crippen LogP contribution >= 0.6 is 30.2 Å². The summed E-state index contributed by atoms with van der Waals surface area (Å²) in [6.07, 6.45) is 11.1. The van der Waals surface area contributed by atoms with Crippen LogP contribution in [0.2, 0.25) is 0 Å². The summed E-state index contributed by atoms with van der Waals surface area (Å²) >= 11 is 2.72. The smallest absolute Gasteiger partial charge is 0.213 e. The Kier molecular flexibility index (Phi) is 3.83. The first kappa shape index (κ1) is 15.9. The zero-order valence-corrected chi connectivity index (χ0v) is 15.3. The molecule has 118 valence electrons. The van der Waals surface area contributed by atoms with Crippen molar-refractivity contribution in [3.05, 3.63) is 72.1 Å². The molecule has 0 saturated carbocycles. The van der Waals surface area contributed by atoms with E-state index >= 15 is 0 Å². The number of rotatable bonds is 1. The van der Waals surface area contributed by atoms with Gasteiger partial charge in [-0.15, -0.1) is 35.5 Å². The van der Waals surface area contributed by atoms with E-state index in [4.69, 9.17) is 12.8 Å². The number of hydrogen-bond donors (Lipinski definition) is 0. The van der Waals surface area contributed by atoms with E-state index in [0.29, 0.717) is 20.5 Å². The van der Waals surface area contributed by atoms with Crippen LogP contribution in [0.15, 0.2) is 52.1 Å². The standard InChI is InChI=1S/C20H9O2PS2/c1-3-13-10-15-17(24-13)18-16(11-14(4-2)25-18)20(22)23(19(15)21)12-8-6-5-7-9-12/h1-2,5-11H. The van der Waals surface area contributed by atoms with E-state index in [2.05, 4.69) is 11.8 Å². The Morgan fingerprint density at radius 1 is 0.800 bits per heavy atom. The van der Waals surface area contributed by atoms with E-state index in [0.717, 1.165) is 14.7 Å². The molecule has 0 aliphatic carbocycles. The van der Waals surface area contributed by atoms with Gasteiger partial charge in [-0.1, -0.05) is 42.2 Å². The molecule has 4 aromatic rings. The predicted molar refractivity (Wildman–Crippen MR) is 110 cm³/mol. The highest BCUT2D eigenvalue weighted by molar-refractivity contribution is 7.55. The third-order valence-electron chi connectivity index (χ3n) is 3.84. The number of benzene rings is 1. The van der Waals surface area contributed by atoms with Gasteiger partial charge in [0.25, 0.3) is 0 Å². The summed E-state index contributed by atoms with van der Waals surface area (Å²) < 4.78 is 1.52. The monoisotopic (exact) mass is 376 g/mol. The van der Waals surface area contributed by atoms with Gasteiger partial charge in [0, 0.05) is 23.6 Å². The maximum absolute atomic E-state index is 13.2. The first-order valence-corrected chi connectivity index (χ1v) is 10.3. The highest BCUT2D eigenvalue weighted by Gasteiger charge is 2.17. The molecule has 25 heavy (non-hydrogen) atoms. The van der Waals surface area contributed by atoms with Crippen LogP contribution in [0.25, 0.3) is 25.5 Å². The van der Waals surface area contributed by atoms with Gasteiger partial charge >= 0.3 is 0 Å². The Balaban J connectivity index is 2.34. The molecule has 0 bridgehead atoms. The second-order valence-electron chi connectivity index (χ2n) is 5.28. The molecule has 0 spiro atoms. The molecule has 0 amide bonds. The summed E-state index contributed by atoms with van der Waals surface area (Å²) in [5, 5.41) is 1.51. The van der Waals surface area contributed by atoms with Crippen LogP contribution in [0, 0.1) is 24.7 Å². The van der Waals surface area contributed by atoms with Gasteiger partial charge < -0.3 is 0 Å². The van der Waals surface area contributed by atoms with Gasteiger partial charge in [-0.2, -0.15) is 0 Å². The molecule has 0 radical (unpaired) electrons. The van der Waals surface area contributed by atoms with Crippen LogP contribution in [0.5, 0.6) is 0 Å². The van der Waals surface area contributed by atoms with E-state index in [9.17, 15) is 9.59 Å². The van der Waals surface area contributed by atoms with E-state index < -0.39 is 7.53 Å². The average molecular weight is 376 g/mol. The Hall–Kier alpha value is -2.62.